The molecule has 1 unspecified atom stereocenters. The molecule has 0 spiro atoms. The average Bonchev–Trinajstić information content (AvgIpc) is 3.02. The molecule has 0 aliphatic rings. The van der Waals surface area contributed by atoms with E-state index in [1.807, 2.05) is 0 Å². The number of fused-ring (bicyclic) bond motifs is 1. The van der Waals surface area contributed by atoms with Gasteiger partial charge in [0, 0.05) is 33.3 Å². The van der Waals surface area contributed by atoms with Gasteiger partial charge in [0.2, 0.25) is 0 Å². The highest BCUT2D eigenvalue weighted by Crippen LogP contribution is 2.38. The van der Waals surface area contributed by atoms with E-state index in [0.717, 1.165) is 6.07 Å². The predicted octanol–water partition coefficient (Wildman–Crippen LogP) is 5.49. The second-order valence-corrected chi connectivity index (χ2v) is 7.18. The summed E-state index contributed by atoms with van der Waals surface area (Å²) in [5.41, 5.74) is -1.77. The number of aliphatic hydroxyl groups is 1. The Morgan fingerprint density at radius 1 is 1.21 bits per heavy atom. The van der Waals surface area contributed by atoms with Crippen molar-refractivity contribution in [3.63, 3.8) is 0 Å². The molecule has 2 aromatic heterocycles. The van der Waals surface area contributed by atoms with Crippen LogP contribution in [-0.4, -0.2) is 10.1 Å². The number of halogens is 5. The first-order valence-electron chi connectivity index (χ1n) is 6.91. The molecule has 1 atom stereocenters. The molecule has 2 N–H and O–H groups in total. The van der Waals surface area contributed by atoms with Crippen molar-refractivity contribution >= 4 is 33.8 Å². The van der Waals surface area contributed by atoms with Crippen LogP contribution in [-0.2, 0) is 18.2 Å². The minimum Gasteiger partial charge on any atom is -0.384 e. The minimum absolute atomic E-state index is 0.133. The van der Waals surface area contributed by atoms with Gasteiger partial charge in [0.1, 0.15) is 11.4 Å². The molecule has 8 heteroatoms. The van der Waals surface area contributed by atoms with Crippen LogP contribution in [0.4, 0.5) is 17.6 Å². The van der Waals surface area contributed by atoms with Crippen molar-refractivity contribution in [1.82, 2.24) is 4.98 Å². The van der Waals surface area contributed by atoms with E-state index in [4.69, 9.17) is 11.6 Å². The second kappa shape index (κ2) is 5.75. The highest BCUT2D eigenvalue weighted by molar-refractivity contribution is 7.09. The van der Waals surface area contributed by atoms with E-state index < -0.39 is 22.4 Å². The van der Waals surface area contributed by atoms with Gasteiger partial charge in [-0.1, -0.05) is 11.6 Å². The van der Waals surface area contributed by atoms with Crippen LogP contribution in [0.25, 0.3) is 10.9 Å². The Morgan fingerprint density at radius 3 is 2.50 bits per heavy atom. The number of aromatic nitrogens is 1. The largest absolute Gasteiger partial charge is 0.417 e. The van der Waals surface area contributed by atoms with Crippen LogP contribution in [0.1, 0.15) is 23.1 Å². The Morgan fingerprint density at radius 2 is 1.92 bits per heavy atom. The fourth-order valence-corrected chi connectivity index (χ4v) is 3.70. The maximum atomic E-state index is 13.1. The first-order chi connectivity index (χ1) is 11.1. The molecule has 1 aromatic carbocycles. The number of hydrogen-bond acceptors (Lipinski definition) is 2. The molecule has 3 rings (SSSR count). The van der Waals surface area contributed by atoms with Crippen molar-refractivity contribution in [2.75, 3.05) is 0 Å². The smallest absolute Gasteiger partial charge is 0.384 e. The Kier molecular flexibility index (Phi) is 4.14. The Hall–Kier alpha value is -1.57. The lowest BCUT2D eigenvalue weighted by Crippen LogP contribution is -2.24. The molecule has 0 saturated carbocycles. The molecule has 0 radical (unpaired) electrons. The maximum Gasteiger partial charge on any atom is 0.417 e. The normalized spacial score (nSPS) is 15.0. The van der Waals surface area contributed by atoms with Crippen molar-refractivity contribution in [3.8, 4) is 0 Å². The van der Waals surface area contributed by atoms with E-state index >= 15 is 0 Å². The molecule has 0 saturated heterocycles. The molecule has 128 valence electrons. The molecule has 0 fully saturated rings. The van der Waals surface area contributed by atoms with Crippen LogP contribution in [0.2, 0.25) is 5.02 Å². The summed E-state index contributed by atoms with van der Waals surface area (Å²) in [5, 5.41) is 12.0. The summed E-state index contributed by atoms with van der Waals surface area (Å²) in [5.74, 6) is -0.385. The molecule has 2 heterocycles. The summed E-state index contributed by atoms with van der Waals surface area (Å²) >= 11 is 6.87. The molecule has 0 bridgehead atoms. The lowest BCUT2D eigenvalue weighted by atomic mass is 9.97. The standard InChI is InChI=1S/C16H12ClF4NOS/c1-15(23,6-10-4-9(18)7-24-10)14-3-8-2-12(17)11(16(19,20)21)5-13(8)22-14/h2-5,7,22-23H,6H2,1H3. The summed E-state index contributed by atoms with van der Waals surface area (Å²) in [7, 11) is 0. The van der Waals surface area contributed by atoms with Crippen molar-refractivity contribution in [2.45, 2.75) is 25.1 Å². The first kappa shape index (κ1) is 17.3. The number of H-pyrrole nitrogens is 1. The van der Waals surface area contributed by atoms with Gasteiger partial charge in [-0.2, -0.15) is 13.2 Å². The summed E-state index contributed by atoms with van der Waals surface area (Å²) in [6.45, 7) is 1.52. The van der Waals surface area contributed by atoms with E-state index in [-0.39, 0.29) is 17.8 Å². The quantitative estimate of drug-likeness (QED) is 0.582. The van der Waals surface area contributed by atoms with Gasteiger partial charge in [-0.15, -0.1) is 11.3 Å². The van der Waals surface area contributed by atoms with E-state index in [1.54, 1.807) is 6.07 Å². The molecule has 0 aliphatic heterocycles. The number of benzene rings is 1. The monoisotopic (exact) mass is 377 g/mol. The van der Waals surface area contributed by atoms with Gasteiger partial charge in [0.25, 0.3) is 0 Å². The zero-order valence-corrected chi connectivity index (χ0v) is 13.9. The third-order valence-corrected chi connectivity index (χ3v) is 4.95. The van der Waals surface area contributed by atoms with Crippen LogP contribution < -0.4 is 0 Å². The number of alkyl halides is 3. The highest BCUT2D eigenvalue weighted by atomic mass is 35.5. The SMILES string of the molecule is CC(O)(Cc1cc(F)cs1)c1cc2cc(Cl)c(C(F)(F)F)cc2[nH]1. The maximum absolute atomic E-state index is 13.1. The van der Waals surface area contributed by atoms with Gasteiger partial charge < -0.3 is 10.1 Å². The van der Waals surface area contributed by atoms with Gasteiger partial charge in [-0.05, 0) is 31.2 Å². The zero-order chi connectivity index (χ0) is 17.7. The lowest BCUT2D eigenvalue weighted by molar-refractivity contribution is -0.137. The van der Waals surface area contributed by atoms with E-state index in [1.165, 1.54) is 35.8 Å². The lowest BCUT2D eigenvalue weighted by Gasteiger charge is -2.21. The summed E-state index contributed by atoms with van der Waals surface area (Å²) in [6, 6.07) is 4.99. The first-order valence-corrected chi connectivity index (χ1v) is 8.17. The summed E-state index contributed by atoms with van der Waals surface area (Å²) in [6.07, 6.45) is -4.43. The number of hydrogen-bond donors (Lipinski definition) is 2. The van der Waals surface area contributed by atoms with Crippen molar-refractivity contribution < 1.29 is 22.7 Å². The van der Waals surface area contributed by atoms with Crippen LogP contribution in [0, 0.1) is 5.82 Å². The van der Waals surface area contributed by atoms with E-state index in [2.05, 4.69) is 4.98 Å². The van der Waals surface area contributed by atoms with Crippen LogP contribution in [0.5, 0.6) is 0 Å². The van der Waals surface area contributed by atoms with Crippen molar-refractivity contribution in [3.05, 3.63) is 56.6 Å². The summed E-state index contributed by atoms with van der Waals surface area (Å²) < 4.78 is 51.8. The zero-order valence-electron chi connectivity index (χ0n) is 12.3. The van der Waals surface area contributed by atoms with Gasteiger partial charge in [0.05, 0.1) is 10.6 Å². The minimum atomic E-state index is -4.56. The van der Waals surface area contributed by atoms with Gasteiger partial charge in [-0.25, -0.2) is 4.39 Å². The number of aromatic amines is 1. The molecular weight excluding hydrogens is 366 g/mol. The van der Waals surface area contributed by atoms with Gasteiger partial charge >= 0.3 is 6.18 Å². The third kappa shape index (κ3) is 3.29. The molecule has 24 heavy (non-hydrogen) atoms. The molecule has 0 amide bonds. The van der Waals surface area contributed by atoms with Gasteiger partial charge in [0.15, 0.2) is 0 Å². The fraction of sp³-hybridized carbons (Fsp3) is 0.250. The average molecular weight is 378 g/mol. The third-order valence-electron chi connectivity index (χ3n) is 3.73. The number of thiophene rings is 1. The Labute approximate surface area is 143 Å². The van der Waals surface area contributed by atoms with Gasteiger partial charge in [-0.3, -0.25) is 0 Å². The Bertz CT molecular complexity index is 897. The van der Waals surface area contributed by atoms with Crippen LogP contribution in [0.15, 0.2) is 29.6 Å². The molecule has 3 aromatic rings. The van der Waals surface area contributed by atoms with E-state index in [9.17, 15) is 22.7 Å². The molecular formula is C16H12ClF4NOS. The fourth-order valence-electron chi connectivity index (χ4n) is 2.54. The number of rotatable bonds is 3. The Balaban J connectivity index is 2.00. The highest BCUT2D eigenvalue weighted by Gasteiger charge is 2.34. The molecule has 0 aliphatic carbocycles. The van der Waals surface area contributed by atoms with Crippen molar-refractivity contribution in [2.24, 2.45) is 0 Å². The van der Waals surface area contributed by atoms with Crippen molar-refractivity contribution in [1.29, 1.82) is 0 Å². The van der Waals surface area contributed by atoms with E-state index in [0.29, 0.717) is 16.0 Å². The molecule has 2 nitrogen and oxygen atoms in total. The van der Waals surface area contributed by atoms with Crippen LogP contribution >= 0.6 is 22.9 Å². The topological polar surface area (TPSA) is 36.0 Å². The number of nitrogens with one attached hydrogen (secondary N) is 1. The predicted molar refractivity (Wildman–Crippen MR) is 85.9 cm³/mol. The van der Waals surface area contributed by atoms with Crippen LogP contribution in [0.3, 0.4) is 0 Å². The summed E-state index contributed by atoms with van der Waals surface area (Å²) in [4.78, 5) is 3.43. The second-order valence-electron chi connectivity index (χ2n) is 5.78.